The molecular weight excluding hydrogens is 643 g/mol. The van der Waals surface area contributed by atoms with E-state index in [1.54, 1.807) is 11.3 Å². The summed E-state index contributed by atoms with van der Waals surface area (Å²) in [5, 5.41) is 3.35. The predicted octanol–water partition coefficient (Wildman–Crippen LogP) is 9.49. The van der Waals surface area contributed by atoms with Crippen LogP contribution in [-0.4, -0.2) is 52.0 Å². The molecule has 50 heavy (non-hydrogen) atoms. The topological polar surface area (TPSA) is 86.6 Å². The third-order valence-corrected chi connectivity index (χ3v) is 12.8. The molecule has 0 amide bonds. The van der Waals surface area contributed by atoms with E-state index in [1.165, 1.54) is 47.0 Å². The molecule has 2 aromatic carbocycles. The Morgan fingerprint density at radius 2 is 1.72 bits per heavy atom. The van der Waals surface area contributed by atoms with E-state index < -0.39 is 0 Å². The summed E-state index contributed by atoms with van der Waals surface area (Å²) < 4.78 is 13.6. The number of carbonyl (C=O) groups excluding carboxylic acids is 2. The molecule has 5 aromatic rings. The number of rotatable bonds is 7. The Hall–Kier alpha value is -3.72. The van der Waals surface area contributed by atoms with Gasteiger partial charge in [0.25, 0.3) is 0 Å². The zero-order chi connectivity index (χ0) is 33.9. The van der Waals surface area contributed by atoms with E-state index in [-0.39, 0.29) is 23.7 Å². The molecule has 0 radical (unpaired) electrons. The second kappa shape index (κ2) is 13.1. The van der Waals surface area contributed by atoms with Crippen molar-refractivity contribution in [3.8, 4) is 21.8 Å². The van der Waals surface area contributed by atoms with Crippen LogP contribution in [0, 0.1) is 19.8 Å². The number of fused-ring (bicyclic) bond motifs is 7. The van der Waals surface area contributed by atoms with Crippen molar-refractivity contribution >= 4 is 44.7 Å². The van der Waals surface area contributed by atoms with Gasteiger partial charge in [-0.2, -0.15) is 0 Å². The molecule has 2 saturated heterocycles. The number of carbonyl (C=O) groups is 2. The molecule has 7 nitrogen and oxygen atoms in total. The third-order valence-electron chi connectivity index (χ3n) is 11.7. The van der Waals surface area contributed by atoms with Gasteiger partial charge in [-0.05, 0) is 87.1 Å². The van der Waals surface area contributed by atoms with Gasteiger partial charge in [0.15, 0.2) is 11.6 Å². The highest BCUT2D eigenvalue weighted by atomic mass is 32.1. The number of benzene rings is 2. The van der Waals surface area contributed by atoms with Crippen LogP contribution in [0.1, 0.15) is 108 Å². The van der Waals surface area contributed by atoms with E-state index in [4.69, 9.17) is 14.5 Å². The fraction of sp³-hybridized carbons (Fsp3) is 0.476. The summed E-state index contributed by atoms with van der Waals surface area (Å²) in [5.41, 5.74) is 9.56. The van der Waals surface area contributed by atoms with Crippen LogP contribution >= 0.6 is 11.3 Å². The summed E-state index contributed by atoms with van der Waals surface area (Å²) >= 11 is 1.69. The van der Waals surface area contributed by atoms with Crippen molar-refractivity contribution in [3.05, 3.63) is 69.9 Å². The first-order valence-electron chi connectivity index (χ1n) is 18.8. The molecule has 1 saturated carbocycles. The molecule has 0 N–H and O–H groups in total. The lowest BCUT2D eigenvalue weighted by atomic mass is 9.79. The quantitative estimate of drug-likeness (QED) is 0.125. The van der Waals surface area contributed by atoms with Crippen LogP contribution in [-0.2, 0) is 20.7 Å². The highest BCUT2D eigenvalue weighted by molar-refractivity contribution is 7.15. The Balaban J connectivity index is 1.24. The predicted molar refractivity (Wildman–Crippen MR) is 198 cm³/mol. The second-order valence-electron chi connectivity index (χ2n) is 15.0. The van der Waals surface area contributed by atoms with Crippen molar-refractivity contribution in [2.45, 2.75) is 103 Å². The van der Waals surface area contributed by atoms with E-state index in [0.717, 1.165) is 89.4 Å². The number of nitrogens with zero attached hydrogens (tertiary/aromatic N) is 3. The average molecular weight is 688 g/mol. The van der Waals surface area contributed by atoms with Crippen molar-refractivity contribution in [2.24, 2.45) is 5.92 Å². The summed E-state index contributed by atoms with van der Waals surface area (Å²) in [4.78, 5) is 39.1. The molecule has 1 aliphatic carbocycles. The van der Waals surface area contributed by atoms with Gasteiger partial charge in [-0.25, -0.2) is 9.97 Å². The molecule has 0 bridgehead atoms. The maximum absolute atomic E-state index is 14.8. The van der Waals surface area contributed by atoms with E-state index >= 15 is 0 Å². The Labute approximate surface area is 297 Å². The lowest BCUT2D eigenvalue weighted by Crippen LogP contribution is -2.28. The molecule has 3 fully saturated rings. The fourth-order valence-electron chi connectivity index (χ4n) is 9.18. The summed E-state index contributed by atoms with van der Waals surface area (Å²) in [6, 6.07) is 14.7. The molecule has 8 heteroatoms. The number of pyridine rings is 1. The second-order valence-corrected chi connectivity index (χ2v) is 16.2. The molecule has 4 aliphatic rings. The van der Waals surface area contributed by atoms with Gasteiger partial charge in [0.1, 0.15) is 6.10 Å². The zero-order valence-corrected chi connectivity index (χ0v) is 29.9. The van der Waals surface area contributed by atoms with Crippen LogP contribution in [0.25, 0.3) is 43.6 Å². The third kappa shape index (κ3) is 5.73. The number of ketones is 2. The summed E-state index contributed by atoms with van der Waals surface area (Å²) in [7, 11) is 0. The number of aryl methyl sites for hydroxylation is 2. The Morgan fingerprint density at radius 1 is 0.900 bits per heavy atom. The molecule has 6 heterocycles. The summed E-state index contributed by atoms with van der Waals surface area (Å²) in [6.07, 6.45) is 10.9. The van der Waals surface area contributed by atoms with Gasteiger partial charge in [0, 0.05) is 48.0 Å². The van der Waals surface area contributed by atoms with Gasteiger partial charge in [-0.1, -0.05) is 49.9 Å². The normalized spacial score (nSPS) is 22.6. The number of hydrogen-bond donors (Lipinski definition) is 0. The van der Waals surface area contributed by atoms with E-state index in [1.807, 2.05) is 13.0 Å². The molecule has 3 aromatic heterocycles. The van der Waals surface area contributed by atoms with Crippen LogP contribution in [0.3, 0.4) is 0 Å². The van der Waals surface area contributed by atoms with Crippen molar-refractivity contribution in [1.29, 1.82) is 0 Å². The Bertz CT molecular complexity index is 2130. The first-order valence-corrected chi connectivity index (χ1v) is 19.6. The minimum absolute atomic E-state index is 0.0366. The molecule has 9 rings (SSSR count). The molecular formula is C42H45N3O4S. The van der Waals surface area contributed by atoms with Gasteiger partial charge in [0.05, 0.1) is 50.6 Å². The lowest BCUT2D eigenvalue weighted by Gasteiger charge is -2.32. The lowest BCUT2D eigenvalue weighted by molar-refractivity contribution is -0.123. The monoisotopic (exact) mass is 687 g/mol. The number of ether oxygens (including phenoxy) is 2. The first kappa shape index (κ1) is 32.2. The Morgan fingerprint density at radius 3 is 2.52 bits per heavy atom. The SMILES string of the molecule is Cc1nc(C)c(-c2ccc3c4c(ccc3n2)-c2c(C3CCCCC3)c3ccc(C(=O)C5CO5)cc3n2C(C(=O)CC2CCCCOCC2)C4)s1. The average Bonchev–Trinajstić information content (AvgIpc) is 3.84. The van der Waals surface area contributed by atoms with Crippen LogP contribution in [0.2, 0.25) is 0 Å². The number of epoxide rings is 1. The van der Waals surface area contributed by atoms with Gasteiger partial charge >= 0.3 is 0 Å². The van der Waals surface area contributed by atoms with Crippen molar-refractivity contribution in [1.82, 2.24) is 14.5 Å². The van der Waals surface area contributed by atoms with Crippen molar-refractivity contribution in [2.75, 3.05) is 19.8 Å². The minimum atomic E-state index is -0.358. The summed E-state index contributed by atoms with van der Waals surface area (Å²) in [6.45, 7) is 6.13. The largest absolute Gasteiger partial charge is 0.381 e. The zero-order valence-electron chi connectivity index (χ0n) is 29.1. The standard InChI is InChI=1S/C42H45N3O4S/c1-24-42(50-25(2)43-24)34-16-13-29-32-22-36(37(46)20-26-8-6-7-18-48-19-17-26)45-35-21-28(41(47)38-23-49-38)11-12-31(35)39(27-9-4-3-5-10-27)40(45)30(32)14-15-33(29)44-34/h11-16,21,26-27,36,38H,3-10,17-20,22-23H2,1-2H3. The van der Waals surface area contributed by atoms with Gasteiger partial charge in [-0.3, -0.25) is 9.59 Å². The highest BCUT2D eigenvalue weighted by Crippen LogP contribution is 2.50. The van der Waals surface area contributed by atoms with Crippen LogP contribution in [0.5, 0.6) is 0 Å². The maximum atomic E-state index is 14.8. The van der Waals surface area contributed by atoms with E-state index in [0.29, 0.717) is 36.8 Å². The van der Waals surface area contributed by atoms with Crippen LogP contribution < -0.4 is 0 Å². The smallest absolute Gasteiger partial charge is 0.194 e. The van der Waals surface area contributed by atoms with Crippen LogP contribution in [0.15, 0.2) is 42.5 Å². The van der Waals surface area contributed by atoms with Crippen LogP contribution in [0.4, 0.5) is 0 Å². The van der Waals surface area contributed by atoms with E-state index in [9.17, 15) is 9.59 Å². The number of hydrogen-bond acceptors (Lipinski definition) is 7. The maximum Gasteiger partial charge on any atom is 0.194 e. The van der Waals surface area contributed by atoms with Gasteiger partial charge in [0.2, 0.25) is 0 Å². The first-order chi connectivity index (χ1) is 24.4. The summed E-state index contributed by atoms with van der Waals surface area (Å²) in [5.74, 6) is 1.05. The molecule has 258 valence electrons. The Kier molecular flexibility index (Phi) is 8.45. The number of Topliss-reactive ketones (excluding diaryl/α,β-unsaturated/α-hetero) is 2. The van der Waals surface area contributed by atoms with Crippen molar-refractivity contribution in [3.63, 3.8) is 0 Å². The van der Waals surface area contributed by atoms with E-state index in [2.05, 4.69) is 52.9 Å². The molecule has 3 unspecified atom stereocenters. The van der Waals surface area contributed by atoms with Gasteiger partial charge in [-0.15, -0.1) is 11.3 Å². The molecule has 3 aliphatic heterocycles. The number of aromatic nitrogens is 3. The highest BCUT2D eigenvalue weighted by Gasteiger charge is 2.38. The molecule has 0 spiro atoms. The number of thiazole rings is 1. The van der Waals surface area contributed by atoms with Gasteiger partial charge < -0.3 is 14.0 Å². The van der Waals surface area contributed by atoms with Crippen molar-refractivity contribution < 1.29 is 19.1 Å². The minimum Gasteiger partial charge on any atom is -0.381 e. The molecule has 3 atom stereocenters. The fourth-order valence-corrected chi connectivity index (χ4v) is 10.1.